The largest absolute Gasteiger partial charge is 0.490 e. The second kappa shape index (κ2) is 8.54. The summed E-state index contributed by atoms with van der Waals surface area (Å²) in [5, 5.41) is 0. The van der Waals surface area contributed by atoms with E-state index in [1.807, 2.05) is 25.1 Å². The van der Waals surface area contributed by atoms with E-state index in [1.165, 1.54) is 0 Å². The summed E-state index contributed by atoms with van der Waals surface area (Å²) in [5.74, 6) is 1.38. The first-order valence-electron chi connectivity index (χ1n) is 6.96. The van der Waals surface area contributed by atoms with E-state index in [0.717, 1.165) is 17.9 Å². The average molecular weight is 276 g/mol. The Morgan fingerprint density at radius 2 is 1.85 bits per heavy atom. The number of ketones is 1. The highest BCUT2D eigenvalue weighted by molar-refractivity contribution is 5.94. The van der Waals surface area contributed by atoms with Crippen molar-refractivity contribution >= 4 is 5.78 Å². The fraction of sp³-hybridized carbons (Fsp3) is 0.471. The number of carbonyl (C=O) groups is 1. The lowest BCUT2D eigenvalue weighted by atomic mass is 10.1. The summed E-state index contributed by atoms with van der Waals surface area (Å²) in [7, 11) is 0. The molecule has 0 amide bonds. The Labute approximate surface area is 121 Å². The molecule has 0 radical (unpaired) electrons. The molecule has 110 valence electrons. The van der Waals surface area contributed by atoms with Crippen molar-refractivity contribution in [3.63, 3.8) is 0 Å². The molecule has 0 atom stereocenters. The van der Waals surface area contributed by atoms with E-state index in [0.29, 0.717) is 24.7 Å². The van der Waals surface area contributed by atoms with E-state index in [4.69, 9.17) is 9.47 Å². The van der Waals surface area contributed by atoms with Gasteiger partial charge in [0.25, 0.3) is 0 Å². The van der Waals surface area contributed by atoms with Crippen LogP contribution >= 0.6 is 0 Å². The summed E-state index contributed by atoms with van der Waals surface area (Å²) >= 11 is 0. The summed E-state index contributed by atoms with van der Waals surface area (Å²) < 4.78 is 11.1. The molecule has 0 saturated carbocycles. The van der Waals surface area contributed by atoms with Gasteiger partial charge >= 0.3 is 0 Å². The predicted octanol–water partition coefficient (Wildman–Crippen LogP) is 3.89. The van der Waals surface area contributed by atoms with E-state index in [1.54, 1.807) is 19.1 Å². The van der Waals surface area contributed by atoms with E-state index < -0.39 is 0 Å². The third kappa shape index (κ3) is 6.53. The first kappa shape index (κ1) is 16.4. The first-order valence-corrected chi connectivity index (χ1v) is 6.96. The van der Waals surface area contributed by atoms with Gasteiger partial charge in [0.2, 0.25) is 0 Å². The smallest absolute Gasteiger partial charge is 0.159 e. The maximum atomic E-state index is 11.1. The zero-order valence-corrected chi connectivity index (χ0v) is 12.8. The Hall–Kier alpha value is -1.61. The molecule has 0 unspecified atom stereocenters. The minimum Gasteiger partial charge on any atom is -0.490 e. The van der Waals surface area contributed by atoms with Crippen LogP contribution in [0.25, 0.3) is 0 Å². The lowest BCUT2D eigenvalue weighted by Gasteiger charge is -2.08. The van der Waals surface area contributed by atoms with E-state index in [2.05, 4.69) is 13.8 Å². The maximum Gasteiger partial charge on any atom is 0.159 e. The van der Waals surface area contributed by atoms with Crippen molar-refractivity contribution in [1.29, 1.82) is 0 Å². The van der Waals surface area contributed by atoms with Crippen molar-refractivity contribution in [2.75, 3.05) is 19.8 Å². The maximum absolute atomic E-state index is 11.1. The number of hydrogen-bond donors (Lipinski definition) is 0. The second-order valence-electron chi connectivity index (χ2n) is 5.35. The summed E-state index contributed by atoms with van der Waals surface area (Å²) in [5.41, 5.74) is 1.86. The molecule has 0 bridgehead atoms. The SMILES string of the molecule is CC(=O)c1ccc(OCC=C(C)COCC(C)C)cc1. The molecule has 0 heterocycles. The highest BCUT2D eigenvalue weighted by atomic mass is 16.5. The van der Waals surface area contributed by atoms with Gasteiger partial charge in [0.05, 0.1) is 6.61 Å². The number of benzene rings is 1. The first-order chi connectivity index (χ1) is 9.49. The van der Waals surface area contributed by atoms with Crippen LogP contribution in [-0.2, 0) is 4.74 Å². The quantitative estimate of drug-likeness (QED) is 0.534. The molecule has 0 fully saturated rings. The molecule has 1 rings (SSSR count). The van der Waals surface area contributed by atoms with Crippen LogP contribution in [-0.4, -0.2) is 25.6 Å². The lowest BCUT2D eigenvalue weighted by molar-refractivity contribution is 0.101. The monoisotopic (exact) mass is 276 g/mol. The molecule has 0 aliphatic carbocycles. The van der Waals surface area contributed by atoms with Gasteiger partial charge in [-0.3, -0.25) is 4.79 Å². The van der Waals surface area contributed by atoms with Gasteiger partial charge in [0.15, 0.2) is 5.78 Å². The summed E-state index contributed by atoms with van der Waals surface area (Å²) in [4.78, 5) is 11.1. The van der Waals surface area contributed by atoms with Gasteiger partial charge in [-0.05, 0) is 55.7 Å². The average Bonchev–Trinajstić information content (AvgIpc) is 2.39. The van der Waals surface area contributed by atoms with Crippen LogP contribution in [0.2, 0.25) is 0 Å². The van der Waals surface area contributed by atoms with Crippen molar-refractivity contribution in [2.24, 2.45) is 5.92 Å². The van der Waals surface area contributed by atoms with Crippen molar-refractivity contribution in [1.82, 2.24) is 0 Å². The van der Waals surface area contributed by atoms with Crippen LogP contribution in [0.15, 0.2) is 35.9 Å². The van der Waals surface area contributed by atoms with Gasteiger partial charge in [0.1, 0.15) is 12.4 Å². The number of carbonyl (C=O) groups excluding carboxylic acids is 1. The third-order valence-electron chi connectivity index (χ3n) is 2.72. The molecule has 1 aromatic carbocycles. The van der Waals surface area contributed by atoms with Crippen LogP contribution in [0.3, 0.4) is 0 Å². The zero-order valence-electron chi connectivity index (χ0n) is 12.8. The van der Waals surface area contributed by atoms with Gasteiger partial charge in [-0.15, -0.1) is 0 Å². The Kier molecular flexibility index (Phi) is 7.02. The number of hydrogen-bond acceptors (Lipinski definition) is 3. The predicted molar refractivity (Wildman–Crippen MR) is 81.4 cm³/mol. The fourth-order valence-electron chi connectivity index (χ4n) is 1.58. The number of Topliss-reactive ketones (excluding diaryl/α,β-unsaturated/α-hetero) is 1. The van der Waals surface area contributed by atoms with Crippen molar-refractivity contribution < 1.29 is 14.3 Å². The summed E-state index contributed by atoms with van der Waals surface area (Å²) in [6.45, 7) is 9.78. The van der Waals surface area contributed by atoms with Crippen LogP contribution < -0.4 is 4.74 Å². The molecule has 0 N–H and O–H groups in total. The zero-order chi connectivity index (χ0) is 15.0. The normalized spacial score (nSPS) is 11.8. The molecule has 3 heteroatoms. The van der Waals surface area contributed by atoms with Crippen LogP contribution in [0.1, 0.15) is 38.1 Å². The molecule has 0 aliphatic heterocycles. The van der Waals surface area contributed by atoms with Gasteiger partial charge in [-0.25, -0.2) is 0 Å². The molecular formula is C17H24O3. The Morgan fingerprint density at radius 1 is 1.20 bits per heavy atom. The Bertz CT molecular complexity index is 444. The van der Waals surface area contributed by atoms with Gasteiger partial charge in [-0.1, -0.05) is 13.8 Å². The van der Waals surface area contributed by atoms with Crippen molar-refractivity contribution in [2.45, 2.75) is 27.7 Å². The van der Waals surface area contributed by atoms with Crippen LogP contribution in [0, 0.1) is 5.92 Å². The third-order valence-corrected chi connectivity index (χ3v) is 2.72. The molecule has 20 heavy (non-hydrogen) atoms. The summed E-state index contributed by atoms with van der Waals surface area (Å²) in [6, 6.07) is 7.18. The molecular weight excluding hydrogens is 252 g/mol. The molecule has 1 aromatic rings. The molecule has 0 spiro atoms. The molecule has 3 nitrogen and oxygen atoms in total. The number of ether oxygens (including phenoxy) is 2. The van der Waals surface area contributed by atoms with Crippen molar-refractivity contribution in [3.8, 4) is 5.75 Å². The van der Waals surface area contributed by atoms with Crippen molar-refractivity contribution in [3.05, 3.63) is 41.5 Å². The van der Waals surface area contributed by atoms with Gasteiger partial charge < -0.3 is 9.47 Å². The molecule has 0 aliphatic rings. The van der Waals surface area contributed by atoms with Gasteiger partial charge in [-0.2, -0.15) is 0 Å². The molecule has 0 aromatic heterocycles. The van der Waals surface area contributed by atoms with Crippen LogP contribution in [0.5, 0.6) is 5.75 Å². The highest BCUT2D eigenvalue weighted by Crippen LogP contribution is 2.12. The Balaban J connectivity index is 2.33. The van der Waals surface area contributed by atoms with E-state index in [9.17, 15) is 4.79 Å². The topological polar surface area (TPSA) is 35.5 Å². The highest BCUT2D eigenvalue weighted by Gasteiger charge is 1.99. The second-order valence-corrected chi connectivity index (χ2v) is 5.35. The minimum atomic E-state index is 0.0644. The van der Waals surface area contributed by atoms with E-state index >= 15 is 0 Å². The fourth-order valence-corrected chi connectivity index (χ4v) is 1.58. The minimum absolute atomic E-state index is 0.0644. The molecule has 0 saturated heterocycles. The standard InChI is InChI=1S/C17H24O3/c1-13(2)11-19-12-14(3)9-10-20-17-7-5-16(6-8-17)15(4)18/h5-9,13H,10-12H2,1-4H3. The summed E-state index contributed by atoms with van der Waals surface area (Å²) in [6.07, 6.45) is 2.01. The van der Waals surface area contributed by atoms with E-state index in [-0.39, 0.29) is 5.78 Å². The van der Waals surface area contributed by atoms with Gasteiger partial charge in [0, 0.05) is 12.2 Å². The lowest BCUT2D eigenvalue weighted by Crippen LogP contribution is -2.05. The van der Waals surface area contributed by atoms with Crippen LogP contribution in [0.4, 0.5) is 0 Å². The Morgan fingerprint density at radius 3 is 2.40 bits per heavy atom. The number of rotatable bonds is 8.